The summed E-state index contributed by atoms with van der Waals surface area (Å²) in [6.45, 7) is 8.22. The maximum atomic E-state index is 4.81. The zero-order chi connectivity index (χ0) is 15.2. The number of hydrogen-bond acceptors (Lipinski definition) is 4. The summed E-state index contributed by atoms with van der Waals surface area (Å²) in [5.41, 5.74) is 2.34. The van der Waals surface area contributed by atoms with Crippen LogP contribution in [0.4, 0.5) is 5.69 Å². The third-order valence-corrected chi connectivity index (χ3v) is 4.43. The van der Waals surface area contributed by atoms with Crippen molar-refractivity contribution >= 4 is 5.69 Å². The van der Waals surface area contributed by atoms with Gasteiger partial charge in [0.1, 0.15) is 5.82 Å². The highest BCUT2D eigenvalue weighted by Crippen LogP contribution is 2.28. The Balaban J connectivity index is 2.22. The van der Waals surface area contributed by atoms with Crippen molar-refractivity contribution < 1.29 is 0 Å². The van der Waals surface area contributed by atoms with Gasteiger partial charge in [-0.05, 0) is 19.4 Å². The molecule has 1 aromatic heterocycles. The highest BCUT2D eigenvalue weighted by atomic mass is 15.2. The fourth-order valence-corrected chi connectivity index (χ4v) is 3.04. The van der Waals surface area contributed by atoms with E-state index in [4.69, 9.17) is 4.98 Å². The van der Waals surface area contributed by atoms with Gasteiger partial charge in [-0.3, -0.25) is 0 Å². The first-order chi connectivity index (χ1) is 10.1. The number of nitrogens with zero attached hydrogens (tertiary/aromatic N) is 3. The summed E-state index contributed by atoms with van der Waals surface area (Å²) >= 11 is 0. The van der Waals surface area contributed by atoms with Gasteiger partial charge in [-0.1, -0.05) is 40.0 Å². The van der Waals surface area contributed by atoms with Crippen molar-refractivity contribution in [3.05, 3.63) is 17.7 Å². The van der Waals surface area contributed by atoms with E-state index in [1.807, 2.05) is 6.20 Å². The van der Waals surface area contributed by atoms with Crippen LogP contribution < -0.4 is 10.2 Å². The van der Waals surface area contributed by atoms with Gasteiger partial charge < -0.3 is 10.2 Å². The van der Waals surface area contributed by atoms with Gasteiger partial charge in [-0.15, -0.1) is 0 Å². The minimum atomic E-state index is 0.374. The van der Waals surface area contributed by atoms with Gasteiger partial charge in [0.05, 0.1) is 17.6 Å². The number of nitrogens with one attached hydrogen (secondary N) is 1. The van der Waals surface area contributed by atoms with E-state index >= 15 is 0 Å². The van der Waals surface area contributed by atoms with E-state index in [-0.39, 0.29) is 0 Å². The van der Waals surface area contributed by atoms with Crippen LogP contribution in [-0.4, -0.2) is 29.6 Å². The zero-order valence-corrected chi connectivity index (χ0v) is 14.0. The van der Waals surface area contributed by atoms with E-state index in [0.29, 0.717) is 12.0 Å². The molecule has 0 saturated heterocycles. The third-order valence-electron chi connectivity index (χ3n) is 4.43. The Morgan fingerprint density at radius 2 is 2.00 bits per heavy atom. The van der Waals surface area contributed by atoms with Crippen molar-refractivity contribution in [3.8, 4) is 0 Å². The molecule has 0 bridgehead atoms. The van der Waals surface area contributed by atoms with Crippen molar-refractivity contribution in [1.82, 2.24) is 15.3 Å². The van der Waals surface area contributed by atoms with E-state index in [9.17, 15) is 0 Å². The lowest BCUT2D eigenvalue weighted by Gasteiger charge is -2.33. The minimum Gasteiger partial charge on any atom is -0.369 e. The van der Waals surface area contributed by atoms with Gasteiger partial charge in [0.25, 0.3) is 0 Å². The van der Waals surface area contributed by atoms with E-state index in [1.54, 1.807) is 0 Å². The van der Waals surface area contributed by atoms with Gasteiger partial charge in [0, 0.05) is 25.6 Å². The van der Waals surface area contributed by atoms with Crippen molar-refractivity contribution in [2.75, 3.05) is 18.5 Å². The molecule has 0 radical (unpaired) electrons. The molecule has 4 heteroatoms. The molecule has 0 unspecified atom stereocenters. The Morgan fingerprint density at radius 1 is 1.29 bits per heavy atom. The molecule has 118 valence electrons. The van der Waals surface area contributed by atoms with Crippen LogP contribution in [0, 0.1) is 0 Å². The molecule has 21 heavy (non-hydrogen) atoms. The monoisotopic (exact) mass is 290 g/mol. The molecule has 0 aliphatic heterocycles. The summed E-state index contributed by atoms with van der Waals surface area (Å²) in [6.07, 6.45) is 8.71. The maximum absolute atomic E-state index is 4.81. The molecule has 1 saturated carbocycles. The summed E-state index contributed by atoms with van der Waals surface area (Å²) in [5, 5.41) is 3.41. The molecule has 0 amide bonds. The molecule has 1 fully saturated rings. The lowest BCUT2D eigenvalue weighted by atomic mass is 9.94. The quantitative estimate of drug-likeness (QED) is 0.871. The third kappa shape index (κ3) is 4.16. The van der Waals surface area contributed by atoms with Crippen LogP contribution in [0.25, 0.3) is 0 Å². The van der Waals surface area contributed by atoms with E-state index < -0.39 is 0 Å². The molecule has 4 nitrogen and oxygen atoms in total. The maximum Gasteiger partial charge on any atom is 0.131 e. The minimum absolute atomic E-state index is 0.374. The van der Waals surface area contributed by atoms with E-state index in [1.165, 1.54) is 37.8 Å². The van der Waals surface area contributed by atoms with Crippen LogP contribution >= 0.6 is 0 Å². The van der Waals surface area contributed by atoms with Crippen molar-refractivity contribution in [3.63, 3.8) is 0 Å². The van der Waals surface area contributed by atoms with Gasteiger partial charge in [0.2, 0.25) is 0 Å². The molecule has 1 aliphatic rings. The smallest absolute Gasteiger partial charge is 0.131 e. The normalized spacial score (nSPS) is 16.4. The summed E-state index contributed by atoms with van der Waals surface area (Å²) < 4.78 is 0. The molecule has 1 aromatic rings. The Hall–Kier alpha value is -1.16. The molecule has 0 spiro atoms. The van der Waals surface area contributed by atoms with Crippen molar-refractivity contribution in [1.29, 1.82) is 0 Å². The molecular weight excluding hydrogens is 260 g/mol. The topological polar surface area (TPSA) is 41.1 Å². The molecular formula is C17H30N4. The first-order valence-corrected chi connectivity index (χ1v) is 8.42. The summed E-state index contributed by atoms with van der Waals surface area (Å²) in [5.74, 6) is 1.32. The fourth-order valence-electron chi connectivity index (χ4n) is 3.04. The van der Waals surface area contributed by atoms with Crippen LogP contribution in [-0.2, 0) is 6.54 Å². The largest absolute Gasteiger partial charge is 0.369 e. The summed E-state index contributed by atoms with van der Waals surface area (Å²) in [7, 11) is 2.21. The fraction of sp³-hybridized carbons (Fsp3) is 0.765. The number of hydrogen-bond donors (Lipinski definition) is 1. The van der Waals surface area contributed by atoms with Gasteiger partial charge >= 0.3 is 0 Å². The Bertz CT molecular complexity index is 438. The van der Waals surface area contributed by atoms with E-state index in [0.717, 1.165) is 24.6 Å². The van der Waals surface area contributed by atoms with Gasteiger partial charge in [0.15, 0.2) is 0 Å². The van der Waals surface area contributed by atoms with Crippen LogP contribution in [0.15, 0.2) is 6.20 Å². The van der Waals surface area contributed by atoms with Crippen molar-refractivity contribution in [2.24, 2.45) is 0 Å². The molecule has 0 aromatic carbocycles. The van der Waals surface area contributed by atoms with Crippen LogP contribution in [0.5, 0.6) is 0 Å². The van der Waals surface area contributed by atoms with Gasteiger partial charge in [-0.2, -0.15) is 0 Å². The lowest BCUT2D eigenvalue weighted by molar-refractivity contribution is 0.426. The average Bonchev–Trinajstić information content (AvgIpc) is 2.52. The second kappa shape index (κ2) is 7.74. The summed E-state index contributed by atoms with van der Waals surface area (Å²) in [6, 6.07) is 0.646. The lowest BCUT2D eigenvalue weighted by Crippen LogP contribution is -2.35. The molecule has 1 aliphatic carbocycles. The first kappa shape index (κ1) is 16.2. The predicted molar refractivity (Wildman–Crippen MR) is 88.8 cm³/mol. The molecule has 2 rings (SSSR count). The highest BCUT2D eigenvalue weighted by Gasteiger charge is 2.21. The van der Waals surface area contributed by atoms with E-state index in [2.05, 4.69) is 43.0 Å². The summed E-state index contributed by atoms with van der Waals surface area (Å²) in [4.78, 5) is 11.8. The molecule has 1 heterocycles. The Kier molecular flexibility index (Phi) is 5.97. The standard InChI is InChI=1S/C17H30N4/c1-5-18-11-15-16(12-19-17(20-15)13(2)3)21(4)14-9-7-6-8-10-14/h12-14,18H,5-11H2,1-4H3. The second-order valence-corrected chi connectivity index (χ2v) is 6.40. The van der Waals surface area contributed by atoms with Crippen LogP contribution in [0.1, 0.15) is 70.3 Å². The molecule has 1 N–H and O–H groups in total. The van der Waals surface area contributed by atoms with Crippen LogP contribution in [0.2, 0.25) is 0 Å². The SMILES string of the molecule is CCNCc1nc(C(C)C)ncc1N(C)C1CCCCC1. The number of aromatic nitrogens is 2. The second-order valence-electron chi connectivity index (χ2n) is 6.40. The zero-order valence-electron chi connectivity index (χ0n) is 14.0. The molecule has 0 atom stereocenters. The van der Waals surface area contributed by atoms with Crippen LogP contribution in [0.3, 0.4) is 0 Å². The highest BCUT2D eigenvalue weighted by molar-refractivity contribution is 5.49. The predicted octanol–water partition coefficient (Wildman–Crippen LogP) is 3.48. The van der Waals surface area contributed by atoms with Crippen molar-refractivity contribution in [2.45, 2.75) is 71.4 Å². The number of anilines is 1. The van der Waals surface area contributed by atoms with Gasteiger partial charge in [-0.25, -0.2) is 9.97 Å². The Morgan fingerprint density at radius 3 is 2.62 bits per heavy atom. The average molecular weight is 290 g/mol. The Labute approximate surface area is 129 Å². The number of rotatable bonds is 6. The first-order valence-electron chi connectivity index (χ1n) is 8.42.